The zero-order valence-corrected chi connectivity index (χ0v) is 11.6. The van der Waals surface area contributed by atoms with Crippen molar-refractivity contribution in [1.29, 1.82) is 0 Å². The lowest BCUT2D eigenvalue weighted by atomic mass is 10.1. The van der Waals surface area contributed by atoms with E-state index in [1.54, 1.807) is 12.0 Å². The van der Waals surface area contributed by atoms with E-state index in [9.17, 15) is 14.4 Å². The molecule has 1 rings (SSSR count). The molecule has 114 valence electrons. The van der Waals surface area contributed by atoms with Crippen molar-refractivity contribution in [2.45, 2.75) is 12.5 Å². The molecule has 1 aliphatic rings. The average Bonchev–Trinajstić information content (AvgIpc) is 2.78. The van der Waals surface area contributed by atoms with Crippen LogP contribution in [-0.4, -0.2) is 74.4 Å². The number of methoxy groups -OCH3 is 2. The maximum absolute atomic E-state index is 11.9. The Balaban J connectivity index is 2.41. The van der Waals surface area contributed by atoms with Crippen molar-refractivity contribution in [3.8, 4) is 0 Å². The van der Waals surface area contributed by atoms with E-state index in [2.05, 4.69) is 5.32 Å². The Morgan fingerprint density at radius 2 is 2.20 bits per heavy atom. The van der Waals surface area contributed by atoms with Crippen LogP contribution in [0.3, 0.4) is 0 Å². The van der Waals surface area contributed by atoms with Crippen LogP contribution in [-0.2, 0) is 23.9 Å². The van der Waals surface area contributed by atoms with Gasteiger partial charge in [0.05, 0.1) is 19.1 Å². The summed E-state index contributed by atoms with van der Waals surface area (Å²) < 4.78 is 9.60. The van der Waals surface area contributed by atoms with Gasteiger partial charge in [0.1, 0.15) is 0 Å². The number of carboxylic acids is 1. The second-order valence-electron chi connectivity index (χ2n) is 4.54. The van der Waals surface area contributed by atoms with Crippen LogP contribution in [0.5, 0.6) is 0 Å². The SMILES string of the molecule is COCCN1CC(C(=O)NCC(OC)C(=O)O)CC1=O. The monoisotopic (exact) mass is 288 g/mol. The van der Waals surface area contributed by atoms with Gasteiger partial charge < -0.3 is 24.8 Å². The minimum Gasteiger partial charge on any atom is -0.479 e. The number of amides is 2. The number of rotatable bonds is 8. The summed E-state index contributed by atoms with van der Waals surface area (Å²) >= 11 is 0. The number of nitrogens with zero attached hydrogens (tertiary/aromatic N) is 1. The fourth-order valence-corrected chi connectivity index (χ4v) is 1.97. The van der Waals surface area contributed by atoms with Gasteiger partial charge in [-0.3, -0.25) is 9.59 Å². The van der Waals surface area contributed by atoms with Gasteiger partial charge in [-0.25, -0.2) is 4.79 Å². The first-order valence-electron chi connectivity index (χ1n) is 6.29. The fraction of sp³-hybridized carbons (Fsp3) is 0.750. The number of hydrogen-bond donors (Lipinski definition) is 2. The zero-order valence-electron chi connectivity index (χ0n) is 11.6. The largest absolute Gasteiger partial charge is 0.479 e. The van der Waals surface area contributed by atoms with Crippen molar-refractivity contribution in [2.24, 2.45) is 5.92 Å². The molecule has 2 atom stereocenters. The Labute approximate surface area is 117 Å². The average molecular weight is 288 g/mol. The molecule has 0 bridgehead atoms. The molecule has 1 saturated heterocycles. The van der Waals surface area contributed by atoms with Crippen molar-refractivity contribution < 1.29 is 29.0 Å². The van der Waals surface area contributed by atoms with Crippen molar-refractivity contribution >= 4 is 17.8 Å². The summed E-state index contributed by atoms with van der Waals surface area (Å²) in [6.07, 6.45) is -0.944. The molecule has 8 nitrogen and oxygen atoms in total. The topological polar surface area (TPSA) is 105 Å². The Morgan fingerprint density at radius 3 is 2.75 bits per heavy atom. The van der Waals surface area contributed by atoms with E-state index in [0.717, 1.165) is 0 Å². The maximum atomic E-state index is 11.9. The van der Waals surface area contributed by atoms with Crippen LogP contribution in [0, 0.1) is 5.92 Å². The van der Waals surface area contributed by atoms with E-state index in [1.165, 1.54) is 7.11 Å². The second kappa shape index (κ2) is 7.81. The van der Waals surface area contributed by atoms with Crippen LogP contribution in [0.25, 0.3) is 0 Å². The number of aliphatic carboxylic acids is 1. The van der Waals surface area contributed by atoms with Gasteiger partial charge >= 0.3 is 5.97 Å². The molecule has 0 aromatic heterocycles. The molecular weight excluding hydrogens is 268 g/mol. The van der Waals surface area contributed by atoms with Crippen LogP contribution < -0.4 is 5.32 Å². The molecule has 0 aromatic carbocycles. The molecule has 0 aliphatic carbocycles. The number of carbonyl (C=O) groups is 3. The van der Waals surface area contributed by atoms with Crippen LogP contribution in [0.15, 0.2) is 0 Å². The molecular formula is C12H20N2O6. The summed E-state index contributed by atoms with van der Waals surface area (Å²) in [5, 5.41) is 11.3. The highest BCUT2D eigenvalue weighted by Crippen LogP contribution is 2.17. The molecule has 0 radical (unpaired) electrons. The lowest BCUT2D eigenvalue weighted by Gasteiger charge is -2.16. The van der Waals surface area contributed by atoms with Gasteiger partial charge in [0.2, 0.25) is 11.8 Å². The highest BCUT2D eigenvalue weighted by Gasteiger charge is 2.34. The number of carboxylic acid groups (broad SMARTS) is 1. The number of carbonyl (C=O) groups excluding carboxylic acids is 2. The third kappa shape index (κ3) is 4.46. The molecule has 1 aliphatic heterocycles. The smallest absolute Gasteiger partial charge is 0.334 e. The lowest BCUT2D eigenvalue weighted by molar-refractivity contribution is -0.148. The second-order valence-corrected chi connectivity index (χ2v) is 4.54. The standard InChI is InChI=1S/C12H20N2O6/c1-19-4-3-14-7-8(5-10(14)15)11(16)13-6-9(20-2)12(17)18/h8-9H,3-7H2,1-2H3,(H,13,16)(H,17,18). The van der Waals surface area contributed by atoms with Crippen LogP contribution in [0.1, 0.15) is 6.42 Å². The molecule has 2 unspecified atom stereocenters. The fourth-order valence-electron chi connectivity index (χ4n) is 1.97. The van der Waals surface area contributed by atoms with Gasteiger partial charge in [-0.05, 0) is 0 Å². The van der Waals surface area contributed by atoms with Gasteiger partial charge in [-0.2, -0.15) is 0 Å². The van der Waals surface area contributed by atoms with E-state index in [0.29, 0.717) is 19.7 Å². The van der Waals surface area contributed by atoms with E-state index in [4.69, 9.17) is 14.6 Å². The van der Waals surface area contributed by atoms with Gasteiger partial charge in [0.15, 0.2) is 6.10 Å². The van der Waals surface area contributed by atoms with Gasteiger partial charge in [0, 0.05) is 33.7 Å². The molecule has 8 heteroatoms. The Morgan fingerprint density at radius 1 is 1.50 bits per heavy atom. The Bertz CT molecular complexity index is 373. The van der Waals surface area contributed by atoms with E-state index >= 15 is 0 Å². The van der Waals surface area contributed by atoms with Crippen molar-refractivity contribution in [1.82, 2.24) is 10.2 Å². The van der Waals surface area contributed by atoms with Crippen molar-refractivity contribution in [3.63, 3.8) is 0 Å². The Kier molecular flexibility index (Phi) is 6.40. The number of ether oxygens (including phenoxy) is 2. The molecule has 0 spiro atoms. The van der Waals surface area contributed by atoms with E-state index in [-0.39, 0.29) is 24.8 Å². The molecule has 0 saturated carbocycles. The quantitative estimate of drug-likeness (QED) is 0.575. The van der Waals surface area contributed by atoms with Gasteiger partial charge in [-0.15, -0.1) is 0 Å². The van der Waals surface area contributed by atoms with Crippen molar-refractivity contribution in [2.75, 3.05) is 40.5 Å². The summed E-state index contributed by atoms with van der Waals surface area (Å²) in [4.78, 5) is 35.9. The molecule has 2 amide bonds. The summed E-state index contributed by atoms with van der Waals surface area (Å²) in [5.74, 6) is -2.02. The minimum atomic E-state index is -1.14. The normalized spacial score (nSPS) is 20.0. The zero-order chi connectivity index (χ0) is 15.1. The molecule has 1 fully saturated rings. The molecule has 1 heterocycles. The molecule has 20 heavy (non-hydrogen) atoms. The summed E-state index contributed by atoms with van der Waals surface area (Å²) in [6, 6.07) is 0. The van der Waals surface area contributed by atoms with Crippen LogP contribution >= 0.6 is 0 Å². The number of hydrogen-bond acceptors (Lipinski definition) is 5. The predicted octanol–water partition coefficient (Wildman–Crippen LogP) is -1.30. The van der Waals surface area contributed by atoms with Gasteiger partial charge in [-0.1, -0.05) is 0 Å². The first-order chi connectivity index (χ1) is 9.49. The summed E-state index contributed by atoms with van der Waals surface area (Å²) in [5.41, 5.74) is 0. The maximum Gasteiger partial charge on any atom is 0.334 e. The third-order valence-electron chi connectivity index (χ3n) is 3.17. The first-order valence-corrected chi connectivity index (χ1v) is 6.29. The van der Waals surface area contributed by atoms with E-state index < -0.39 is 18.0 Å². The third-order valence-corrected chi connectivity index (χ3v) is 3.17. The number of nitrogens with one attached hydrogen (secondary N) is 1. The minimum absolute atomic E-state index is 0.0938. The predicted molar refractivity (Wildman–Crippen MR) is 68.0 cm³/mol. The van der Waals surface area contributed by atoms with Crippen LogP contribution in [0.2, 0.25) is 0 Å². The summed E-state index contributed by atoms with van der Waals surface area (Å²) in [6.45, 7) is 1.09. The van der Waals surface area contributed by atoms with Gasteiger partial charge in [0.25, 0.3) is 0 Å². The lowest BCUT2D eigenvalue weighted by Crippen LogP contribution is -2.41. The van der Waals surface area contributed by atoms with Crippen molar-refractivity contribution in [3.05, 3.63) is 0 Å². The first kappa shape index (κ1) is 16.4. The Hall–Kier alpha value is -1.67. The highest BCUT2D eigenvalue weighted by atomic mass is 16.5. The summed E-state index contributed by atoms with van der Waals surface area (Å²) in [7, 11) is 2.80. The molecule has 2 N–H and O–H groups in total. The highest BCUT2D eigenvalue weighted by molar-refractivity contribution is 5.89. The molecule has 0 aromatic rings. The van der Waals surface area contributed by atoms with Crippen LogP contribution in [0.4, 0.5) is 0 Å². The number of likely N-dealkylation sites (tertiary alicyclic amines) is 1. The van der Waals surface area contributed by atoms with E-state index in [1.807, 2.05) is 0 Å².